The van der Waals surface area contributed by atoms with Gasteiger partial charge in [-0.15, -0.1) is 0 Å². The number of fused-ring (bicyclic) bond motifs is 2. The van der Waals surface area contributed by atoms with Crippen LogP contribution < -0.4 is 0 Å². The number of hydrogen-bond donors (Lipinski definition) is 0. The second-order valence-corrected chi connectivity index (χ2v) is 7.53. The van der Waals surface area contributed by atoms with E-state index in [0.717, 1.165) is 19.3 Å². The van der Waals surface area contributed by atoms with Gasteiger partial charge in [-0.3, -0.25) is 0 Å². The van der Waals surface area contributed by atoms with Gasteiger partial charge in [-0.05, 0) is 45.2 Å². The van der Waals surface area contributed by atoms with Crippen molar-refractivity contribution in [1.29, 1.82) is 0 Å². The number of hydrogen-bond acceptors (Lipinski definition) is 5. The second-order valence-electron chi connectivity index (χ2n) is 7.53. The molecule has 3 fully saturated rings. The molecule has 2 saturated carbocycles. The standard InChI is InChI=1S/C19H24O5/c1-18(2)23-15-13(21-3)11-19(16(15)24-18)10-9-14(19)22-17(20)12-7-5-4-6-8-12/h4-8,13-16H,9-11H2,1-3H3/t13-,14+,15?,16?,19-/m1/s1. The molecule has 0 radical (unpaired) electrons. The monoisotopic (exact) mass is 332 g/mol. The first-order valence-electron chi connectivity index (χ1n) is 8.60. The summed E-state index contributed by atoms with van der Waals surface area (Å²) in [6.07, 6.45) is 2.30. The Balaban J connectivity index is 1.54. The zero-order valence-electron chi connectivity index (χ0n) is 14.4. The molecule has 24 heavy (non-hydrogen) atoms. The van der Waals surface area contributed by atoms with Gasteiger partial charge in [0, 0.05) is 12.5 Å². The molecule has 1 spiro atoms. The zero-order valence-corrected chi connectivity index (χ0v) is 14.4. The molecule has 130 valence electrons. The molecule has 5 heteroatoms. The lowest BCUT2D eigenvalue weighted by molar-refractivity contribution is -0.203. The van der Waals surface area contributed by atoms with Gasteiger partial charge in [0.2, 0.25) is 0 Å². The Kier molecular flexibility index (Phi) is 3.71. The van der Waals surface area contributed by atoms with Crippen molar-refractivity contribution in [3.8, 4) is 0 Å². The maximum atomic E-state index is 12.4. The molecule has 2 unspecified atom stereocenters. The summed E-state index contributed by atoms with van der Waals surface area (Å²) in [6.45, 7) is 3.85. The Morgan fingerprint density at radius 3 is 2.58 bits per heavy atom. The molecule has 2 aliphatic carbocycles. The first kappa shape index (κ1) is 16.1. The summed E-state index contributed by atoms with van der Waals surface area (Å²) < 4.78 is 23.7. The quantitative estimate of drug-likeness (QED) is 0.797. The third-order valence-corrected chi connectivity index (χ3v) is 5.72. The largest absolute Gasteiger partial charge is 0.458 e. The van der Waals surface area contributed by atoms with Gasteiger partial charge in [0.1, 0.15) is 12.2 Å². The van der Waals surface area contributed by atoms with Gasteiger partial charge in [-0.1, -0.05) is 18.2 Å². The van der Waals surface area contributed by atoms with Crippen LogP contribution in [0.1, 0.15) is 43.5 Å². The van der Waals surface area contributed by atoms with E-state index in [-0.39, 0.29) is 35.8 Å². The average molecular weight is 332 g/mol. The smallest absolute Gasteiger partial charge is 0.338 e. The van der Waals surface area contributed by atoms with Crippen LogP contribution in [-0.2, 0) is 18.9 Å². The lowest BCUT2D eigenvalue weighted by Crippen LogP contribution is -2.54. The maximum Gasteiger partial charge on any atom is 0.338 e. The molecular weight excluding hydrogens is 308 g/mol. The molecule has 5 atom stereocenters. The minimum absolute atomic E-state index is 0.0185. The molecule has 0 aromatic heterocycles. The summed E-state index contributed by atoms with van der Waals surface area (Å²) >= 11 is 0. The molecule has 0 N–H and O–H groups in total. The van der Waals surface area contributed by atoms with Crippen molar-refractivity contribution in [3.63, 3.8) is 0 Å². The zero-order chi connectivity index (χ0) is 16.9. The molecule has 1 saturated heterocycles. The van der Waals surface area contributed by atoms with E-state index in [4.69, 9.17) is 18.9 Å². The Hall–Kier alpha value is -1.43. The Morgan fingerprint density at radius 1 is 1.21 bits per heavy atom. The van der Waals surface area contributed by atoms with E-state index in [2.05, 4.69) is 0 Å². The number of carbonyl (C=O) groups is 1. The van der Waals surface area contributed by atoms with Crippen molar-refractivity contribution in [1.82, 2.24) is 0 Å². The van der Waals surface area contributed by atoms with Crippen molar-refractivity contribution in [2.75, 3.05) is 7.11 Å². The summed E-state index contributed by atoms with van der Waals surface area (Å²) in [6, 6.07) is 9.13. The molecule has 0 bridgehead atoms. The highest BCUT2D eigenvalue weighted by molar-refractivity contribution is 5.89. The molecular formula is C19H24O5. The minimum atomic E-state index is -0.622. The summed E-state index contributed by atoms with van der Waals surface area (Å²) in [5.41, 5.74) is 0.394. The molecule has 1 aliphatic heterocycles. The third-order valence-electron chi connectivity index (χ3n) is 5.72. The van der Waals surface area contributed by atoms with Crippen LogP contribution in [0.4, 0.5) is 0 Å². The van der Waals surface area contributed by atoms with Gasteiger partial charge >= 0.3 is 5.97 Å². The van der Waals surface area contributed by atoms with Crippen LogP contribution in [0.15, 0.2) is 30.3 Å². The number of esters is 1. The highest BCUT2D eigenvalue weighted by Gasteiger charge is 2.68. The first-order chi connectivity index (χ1) is 11.5. The number of rotatable bonds is 3. The fraction of sp³-hybridized carbons (Fsp3) is 0.632. The summed E-state index contributed by atoms with van der Waals surface area (Å²) in [4.78, 5) is 12.4. The fourth-order valence-electron chi connectivity index (χ4n) is 4.47. The maximum absolute atomic E-state index is 12.4. The van der Waals surface area contributed by atoms with E-state index >= 15 is 0 Å². The van der Waals surface area contributed by atoms with Crippen molar-refractivity contribution in [3.05, 3.63) is 35.9 Å². The SMILES string of the molecule is CO[C@@H]1C[C@@]2(CC[C@@H]2OC(=O)c2ccccc2)C2OC(C)(C)OC21. The number of ether oxygens (including phenoxy) is 4. The van der Waals surface area contributed by atoms with Gasteiger partial charge in [0.05, 0.1) is 17.8 Å². The van der Waals surface area contributed by atoms with E-state index in [0.29, 0.717) is 5.56 Å². The molecule has 1 aromatic rings. The topological polar surface area (TPSA) is 54.0 Å². The Bertz CT molecular complexity index is 628. The molecule has 3 aliphatic rings. The van der Waals surface area contributed by atoms with E-state index in [1.165, 1.54) is 0 Å². The van der Waals surface area contributed by atoms with Crippen molar-refractivity contribution in [2.45, 2.75) is 63.3 Å². The molecule has 0 amide bonds. The van der Waals surface area contributed by atoms with Gasteiger partial charge in [0.25, 0.3) is 0 Å². The van der Waals surface area contributed by atoms with Crippen LogP contribution >= 0.6 is 0 Å². The van der Waals surface area contributed by atoms with Crippen molar-refractivity contribution < 1.29 is 23.7 Å². The van der Waals surface area contributed by atoms with Crippen LogP contribution in [0, 0.1) is 5.41 Å². The average Bonchev–Trinajstić information content (AvgIpc) is 3.04. The van der Waals surface area contributed by atoms with Gasteiger partial charge < -0.3 is 18.9 Å². The van der Waals surface area contributed by atoms with Gasteiger partial charge in [-0.25, -0.2) is 4.79 Å². The highest BCUT2D eigenvalue weighted by atomic mass is 16.8. The van der Waals surface area contributed by atoms with Crippen LogP contribution in [0.25, 0.3) is 0 Å². The van der Waals surface area contributed by atoms with E-state index in [9.17, 15) is 4.79 Å². The highest BCUT2D eigenvalue weighted by Crippen LogP contribution is 2.60. The summed E-state index contributed by atoms with van der Waals surface area (Å²) in [5.74, 6) is -0.890. The molecule has 1 heterocycles. The fourth-order valence-corrected chi connectivity index (χ4v) is 4.47. The van der Waals surface area contributed by atoms with Crippen molar-refractivity contribution in [2.24, 2.45) is 5.41 Å². The number of carbonyl (C=O) groups excluding carboxylic acids is 1. The molecule has 5 nitrogen and oxygen atoms in total. The minimum Gasteiger partial charge on any atom is -0.458 e. The Labute approximate surface area is 142 Å². The molecule has 1 aromatic carbocycles. The first-order valence-corrected chi connectivity index (χ1v) is 8.60. The van der Waals surface area contributed by atoms with E-state index in [1.54, 1.807) is 19.2 Å². The van der Waals surface area contributed by atoms with Crippen LogP contribution in [0.2, 0.25) is 0 Å². The predicted molar refractivity (Wildman–Crippen MR) is 86.6 cm³/mol. The van der Waals surface area contributed by atoms with Crippen molar-refractivity contribution >= 4 is 5.97 Å². The Morgan fingerprint density at radius 2 is 1.96 bits per heavy atom. The van der Waals surface area contributed by atoms with E-state index in [1.807, 2.05) is 32.0 Å². The number of benzene rings is 1. The van der Waals surface area contributed by atoms with E-state index < -0.39 is 5.79 Å². The second kappa shape index (κ2) is 5.55. The van der Waals surface area contributed by atoms with Gasteiger partial charge in [0.15, 0.2) is 5.79 Å². The van der Waals surface area contributed by atoms with Gasteiger partial charge in [-0.2, -0.15) is 0 Å². The lowest BCUT2D eigenvalue weighted by Gasteiger charge is -2.49. The normalized spacial score (nSPS) is 39.5. The molecule has 4 rings (SSSR count). The summed E-state index contributed by atoms with van der Waals surface area (Å²) in [5, 5.41) is 0. The van der Waals surface area contributed by atoms with Crippen LogP contribution in [-0.4, -0.2) is 43.3 Å². The van der Waals surface area contributed by atoms with Crippen LogP contribution in [0.5, 0.6) is 0 Å². The predicted octanol–water partition coefficient (Wildman–Crippen LogP) is 2.93. The van der Waals surface area contributed by atoms with Crippen LogP contribution in [0.3, 0.4) is 0 Å². The lowest BCUT2D eigenvalue weighted by atomic mass is 9.63. The summed E-state index contributed by atoms with van der Waals surface area (Å²) in [7, 11) is 1.71. The third kappa shape index (κ3) is 2.38. The number of methoxy groups -OCH3 is 1.